The predicted octanol–water partition coefficient (Wildman–Crippen LogP) is 15.8. The number of rotatable bonds is 3. The van der Waals surface area contributed by atoms with Gasteiger partial charge in [0.1, 0.15) is 10.0 Å². The van der Waals surface area contributed by atoms with E-state index < -0.39 is 0 Å². The number of anilines is 5. The summed E-state index contributed by atoms with van der Waals surface area (Å²) in [5, 5.41) is 5.44. The molecule has 0 aliphatic carbocycles. The van der Waals surface area contributed by atoms with Crippen molar-refractivity contribution in [3.63, 3.8) is 0 Å². The lowest BCUT2D eigenvalue weighted by Gasteiger charge is -2.32. The quantitative estimate of drug-likeness (QED) is 0.191. The van der Waals surface area contributed by atoms with Gasteiger partial charge in [-0.25, -0.2) is 9.97 Å². The molecule has 0 radical (unpaired) electrons. The SMILES string of the molecule is Brc1ccc(-c2nc3ccccc3s2)cc1.c1ccc2c(c1)Nc1ccccc1O2.c1ccc2c(c1)Oc1ccccc1N2c1ccc(-c2nc3ccccc3s2)cc1. The van der Waals surface area contributed by atoms with Crippen LogP contribution in [-0.4, -0.2) is 9.97 Å². The van der Waals surface area contributed by atoms with Crippen molar-refractivity contribution in [3.8, 4) is 44.1 Å². The number of para-hydroxylation sites is 10. The van der Waals surface area contributed by atoms with E-state index in [0.29, 0.717) is 0 Å². The molecule has 4 heterocycles. The molecule has 1 N–H and O–H groups in total. The first-order valence-electron chi connectivity index (χ1n) is 19.0. The van der Waals surface area contributed by atoms with Gasteiger partial charge in [0.25, 0.3) is 0 Å². The van der Waals surface area contributed by atoms with Gasteiger partial charge in [-0.2, -0.15) is 0 Å². The molecular weight excluding hydrogens is 833 g/mol. The van der Waals surface area contributed by atoms with Crippen LogP contribution in [0.5, 0.6) is 23.0 Å². The van der Waals surface area contributed by atoms with Gasteiger partial charge in [-0.15, -0.1) is 22.7 Å². The van der Waals surface area contributed by atoms with Crippen LogP contribution in [0.15, 0.2) is 199 Å². The fraction of sp³-hybridized carbons (Fsp3) is 0. The Morgan fingerprint density at radius 2 is 0.831 bits per heavy atom. The molecule has 0 amide bonds. The molecule has 0 fully saturated rings. The minimum atomic E-state index is 0.862. The minimum absolute atomic E-state index is 0.862. The summed E-state index contributed by atoms with van der Waals surface area (Å²) in [6.45, 7) is 0. The van der Waals surface area contributed by atoms with E-state index in [0.717, 1.165) is 82.5 Å². The zero-order valence-electron chi connectivity index (χ0n) is 31.3. The molecular formula is C50H33BrN4O2S2. The van der Waals surface area contributed by atoms with Crippen LogP contribution in [0.2, 0.25) is 0 Å². The Morgan fingerprint density at radius 3 is 1.34 bits per heavy atom. The Morgan fingerprint density at radius 1 is 0.424 bits per heavy atom. The summed E-state index contributed by atoms with van der Waals surface area (Å²) in [7, 11) is 0. The lowest BCUT2D eigenvalue weighted by molar-refractivity contribution is 0.477. The van der Waals surface area contributed by atoms with Crippen molar-refractivity contribution in [2.45, 2.75) is 0 Å². The summed E-state index contributed by atoms with van der Waals surface area (Å²) < 4.78 is 15.4. The maximum atomic E-state index is 6.11. The molecule has 9 heteroatoms. The first kappa shape index (κ1) is 36.6. The van der Waals surface area contributed by atoms with Gasteiger partial charge in [0, 0.05) is 21.3 Å². The summed E-state index contributed by atoms with van der Waals surface area (Å²) in [5.41, 5.74) is 9.64. The number of nitrogens with zero attached hydrogens (tertiary/aromatic N) is 3. The van der Waals surface area contributed by atoms with Gasteiger partial charge in [0.05, 0.1) is 43.2 Å². The first-order valence-corrected chi connectivity index (χ1v) is 21.4. The molecule has 0 unspecified atom stereocenters. The van der Waals surface area contributed by atoms with Gasteiger partial charge >= 0.3 is 0 Å². The van der Waals surface area contributed by atoms with E-state index in [1.54, 1.807) is 22.7 Å². The third-order valence-electron chi connectivity index (χ3n) is 9.75. The minimum Gasteiger partial charge on any atom is -0.453 e. The van der Waals surface area contributed by atoms with E-state index >= 15 is 0 Å². The van der Waals surface area contributed by atoms with Gasteiger partial charge in [-0.05, 0) is 109 Å². The van der Waals surface area contributed by atoms with E-state index in [9.17, 15) is 0 Å². The zero-order valence-corrected chi connectivity index (χ0v) is 34.5. The van der Waals surface area contributed by atoms with Crippen molar-refractivity contribution in [2.24, 2.45) is 0 Å². The Kier molecular flexibility index (Phi) is 10.1. The number of nitrogens with one attached hydrogen (secondary N) is 1. The van der Waals surface area contributed by atoms with Crippen LogP contribution in [-0.2, 0) is 0 Å². The molecule has 10 aromatic rings. The van der Waals surface area contributed by atoms with Crippen LogP contribution in [0, 0.1) is 0 Å². The van der Waals surface area contributed by atoms with Gasteiger partial charge < -0.3 is 19.7 Å². The highest BCUT2D eigenvalue weighted by atomic mass is 79.9. The van der Waals surface area contributed by atoms with Crippen LogP contribution in [0.3, 0.4) is 0 Å². The van der Waals surface area contributed by atoms with Crippen molar-refractivity contribution >= 4 is 87.5 Å². The summed E-state index contributed by atoms with van der Waals surface area (Å²) in [5.74, 6) is 3.49. The van der Waals surface area contributed by atoms with Gasteiger partial charge in [0.2, 0.25) is 0 Å². The summed E-state index contributed by atoms with van der Waals surface area (Å²) in [6.07, 6.45) is 0. The monoisotopic (exact) mass is 864 g/mol. The second-order valence-electron chi connectivity index (χ2n) is 13.6. The van der Waals surface area contributed by atoms with Crippen molar-refractivity contribution in [1.29, 1.82) is 0 Å². The largest absolute Gasteiger partial charge is 0.453 e. The number of hydrogen-bond acceptors (Lipinski definition) is 8. The number of halogens is 1. The van der Waals surface area contributed by atoms with Crippen LogP contribution < -0.4 is 19.7 Å². The van der Waals surface area contributed by atoms with Crippen molar-refractivity contribution in [2.75, 3.05) is 10.2 Å². The van der Waals surface area contributed by atoms with Crippen LogP contribution in [0.25, 0.3) is 41.6 Å². The predicted molar refractivity (Wildman–Crippen MR) is 249 cm³/mol. The second-order valence-corrected chi connectivity index (χ2v) is 16.6. The fourth-order valence-electron chi connectivity index (χ4n) is 6.90. The highest BCUT2D eigenvalue weighted by Gasteiger charge is 2.25. The molecule has 0 bridgehead atoms. The normalized spacial score (nSPS) is 11.8. The molecule has 12 rings (SSSR count). The summed E-state index contributed by atoms with van der Waals surface area (Å²) in [6, 6.07) is 65.5. The van der Waals surface area contributed by atoms with Crippen LogP contribution in [0.4, 0.5) is 28.4 Å². The summed E-state index contributed by atoms with van der Waals surface area (Å²) in [4.78, 5) is 11.6. The van der Waals surface area contributed by atoms with Crippen molar-refractivity contribution in [3.05, 3.63) is 199 Å². The van der Waals surface area contributed by atoms with Gasteiger partial charge in [-0.1, -0.05) is 101 Å². The number of benzene rings is 8. The molecule has 59 heavy (non-hydrogen) atoms. The molecule has 6 nitrogen and oxygen atoms in total. The maximum absolute atomic E-state index is 6.11. The highest BCUT2D eigenvalue weighted by molar-refractivity contribution is 9.10. The zero-order chi connectivity index (χ0) is 39.5. The van der Waals surface area contributed by atoms with E-state index in [4.69, 9.17) is 14.5 Å². The van der Waals surface area contributed by atoms with Crippen LogP contribution in [0.1, 0.15) is 0 Å². The Balaban J connectivity index is 0.000000118. The number of ether oxygens (including phenoxy) is 2. The maximum Gasteiger partial charge on any atom is 0.151 e. The molecule has 2 aromatic heterocycles. The van der Waals surface area contributed by atoms with Gasteiger partial charge in [-0.3, -0.25) is 0 Å². The van der Waals surface area contributed by atoms with E-state index in [1.807, 2.05) is 121 Å². The second kappa shape index (κ2) is 16.2. The lowest BCUT2D eigenvalue weighted by Crippen LogP contribution is -2.15. The van der Waals surface area contributed by atoms with Gasteiger partial charge in [0.15, 0.2) is 23.0 Å². The number of fused-ring (bicyclic) bond motifs is 6. The number of thiazole rings is 2. The number of aromatic nitrogens is 2. The third-order valence-corrected chi connectivity index (χ3v) is 12.4. The molecule has 0 saturated carbocycles. The fourth-order valence-corrected chi connectivity index (χ4v) is 9.11. The van der Waals surface area contributed by atoms with Crippen molar-refractivity contribution < 1.29 is 9.47 Å². The topological polar surface area (TPSA) is 59.5 Å². The Hall–Kier alpha value is -6.78. The molecule has 284 valence electrons. The standard InChI is InChI=1S/C25H16N2OS.C13H8BrNS.C12H9NO/c1-6-12-24-19(7-1)26-25(29-24)17-13-15-18(16-14-17)27-20-8-2-4-10-22(20)28-23-11-5-3-9-21(23)27;14-10-7-5-9(6-8-10)13-15-11-3-1-2-4-12(11)16-13;1-3-7-11-9(5-1)13-10-6-2-4-8-12(10)14-11/h1-16H;1-8H;1-8,13H. The van der Waals surface area contributed by atoms with E-state index in [-0.39, 0.29) is 0 Å². The first-order chi connectivity index (χ1) is 29.1. The molecule has 0 atom stereocenters. The average molecular weight is 866 g/mol. The third kappa shape index (κ3) is 7.67. The Labute approximate surface area is 357 Å². The molecule has 2 aliphatic rings. The summed E-state index contributed by atoms with van der Waals surface area (Å²) >= 11 is 6.89. The number of hydrogen-bond donors (Lipinski definition) is 1. The molecule has 0 saturated heterocycles. The Bertz CT molecular complexity index is 2870. The smallest absolute Gasteiger partial charge is 0.151 e. The molecule has 0 spiro atoms. The molecule has 8 aromatic carbocycles. The van der Waals surface area contributed by atoms with Crippen molar-refractivity contribution in [1.82, 2.24) is 9.97 Å². The van der Waals surface area contributed by atoms with E-state index in [2.05, 4.69) is 104 Å². The van der Waals surface area contributed by atoms with Crippen LogP contribution >= 0.6 is 38.6 Å². The highest BCUT2D eigenvalue weighted by Crippen LogP contribution is 2.50. The van der Waals surface area contributed by atoms with E-state index in [1.165, 1.54) is 15.0 Å². The average Bonchev–Trinajstić information content (AvgIpc) is 3.94. The molecule has 2 aliphatic heterocycles. The lowest BCUT2D eigenvalue weighted by atomic mass is 10.1.